The first-order valence-corrected chi connectivity index (χ1v) is 10.1. The van der Waals surface area contributed by atoms with E-state index in [4.69, 9.17) is 9.73 Å². The summed E-state index contributed by atoms with van der Waals surface area (Å²) in [5.74, 6) is 0.357. The molecule has 5 heteroatoms. The number of anilines is 1. The average molecular weight is 355 g/mol. The third kappa shape index (κ3) is 3.25. The minimum atomic E-state index is -0.600. The minimum absolute atomic E-state index is 0.151. The first-order chi connectivity index (χ1) is 12.7. The molecule has 1 spiro atoms. The summed E-state index contributed by atoms with van der Waals surface area (Å²) in [7, 11) is 0. The molecule has 1 aromatic carbocycles. The number of esters is 1. The topological polar surface area (TPSA) is 53.9 Å². The van der Waals surface area contributed by atoms with Crippen LogP contribution in [0.5, 0.6) is 0 Å². The van der Waals surface area contributed by atoms with Gasteiger partial charge in [-0.2, -0.15) is 0 Å². The van der Waals surface area contributed by atoms with Crippen molar-refractivity contribution in [3.63, 3.8) is 0 Å². The predicted molar refractivity (Wildman–Crippen MR) is 104 cm³/mol. The average Bonchev–Trinajstić information content (AvgIpc) is 2.99. The molecule has 0 bridgehead atoms. The summed E-state index contributed by atoms with van der Waals surface area (Å²) in [4.78, 5) is 19.6. The van der Waals surface area contributed by atoms with Crippen LogP contribution in [-0.2, 0) is 9.53 Å². The molecule has 26 heavy (non-hydrogen) atoms. The number of aliphatic imine (C=N–C) groups is 1. The van der Waals surface area contributed by atoms with E-state index in [1.165, 1.54) is 24.9 Å². The minimum Gasteiger partial charge on any atom is -0.405 e. The van der Waals surface area contributed by atoms with Gasteiger partial charge in [0.1, 0.15) is 0 Å². The standard InChI is InChI=1S/C21H29N3O2/c1-2-6-18-15-22-13-14-24(18)17-9-7-16(8-10-17)19-23-21(20(25)26-19)11-4-3-5-12-21/h7-10,18,22H,2-6,11-15H2,1H3. The van der Waals surface area contributed by atoms with Crippen LogP contribution in [0, 0.1) is 0 Å². The van der Waals surface area contributed by atoms with E-state index < -0.39 is 5.54 Å². The highest BCUT2D eigenvalue weighted by Gasteiger charge is 2.46. The molecule has 1 atom stereocenters. The summed E-state index contributed by atoms with van der Waals surface area (Å²) < 4.78 is 5.57. The Morgan fingerprint density at radius 3 is 2.73 bits per heavy atom. The lowest BCUT2D eigenvalue weighted by atomic mass is 9.83. The number of hydrogen-bond acceptors (Lipinski definition) is 5. The summed E-state index contributed by atoms with van der Waals surface area (Å²) in [5.41, 5.74) is 1.55. The van der Waals surface area contributed by atoms with Crippen LogP contribution in [0.3, 0.4) is 0 Å². The number of nitrogens with one attached hydrogen (secondary N) is 1. The summed E-state index contributed by atoms with van der Waals surface area (Å²) >= 11 is 0. The Labute approximate surface area is 155 Å². The quantitative estimate of drug-likeness (QED) is 0.842. The van der Waals surface area contributed by atoms with Crippen molar-refractivity contribution in [1.82, 2.24) is 5.32 Å². The highest BCUT2D eigenvalue weighted by Crippen LogP contribution is 2.37. The molecule has 1 saturated carbocycles. The van der Waals surface area contributed by atoms with Crippen molar-refractivity contribution < 1.29 is 9.53 Å². The molecule has 3 aliphatic rings. The van der Waals surface area contributed by atoms with Gasteiger partial charge in [0.2, 0.25) is 5.90 Å². The lowest BCUT2D eigenvalue weighted by Crippen LogP contribution is -2.51. The van der Waals surface area contributed by atoms with E-state index in [1.807, 2.05) is 12.1 Å². The van der Waals surface area contributed by atoms with Crippen molar-refractivity contribution in [2.75, 3.05) is 24.5 Å². The number of carbonyl (C=O) groups excluding carboxylic acids is 1. The molecule has 140 valence electrons. The maximum absolute atomic E-state index is 12.4. The number of hydrogen-bond donors (Lipinski definition) is 1. The van der Waals surface area contributed by atoms with E-state index in [9.17, 15) is 4.79 Å². The molecule has 2 aliphatic heterocycles. The van der Waals surface area contributed by atoms with Crippen molar-refractivity contribution >= 4 is 17.6 Å². The van der Waals surface area contributed by atoms with Gasteiger partial charge < -0.3 is 15.0 Å². The Morgan fingerprint density at radius 2 is 2.00 bits per heavy atom. The first kappa shape index (κ1) is 17.5. The maximum Gasteiger partial charge on any atom is 0.340 e. The van der Waals surface area contributed by atoms with E-state index in [0.29, 0.717) is 11.9 Å². The van der Waals surface area contributed by atoms with Gasteiger partial charge in [0.05, 0.1) is 0 Å². The Bertz CT molecular complexity index is 675. The van der Waals surface area contributed by atoms with Gasteiger partial charge in [0.15, 0.2) is 5.54 Å². The van der Waals surface area contributed by atoms with Crippen LogP contribution in [0.4, 0.5) is 5.69 Å². The molecule has 1 aromatic rings. The molecular weight excluding hydrogens is 326 g/mol. The second-order valence-electron chi connectivity index (χ2n) is 7.79. The Hall–Kier alpha value is -1.88. The van der Waals surface area contributed by atoms with E-state index in [2.05, 4.69) is 29.3 Å². The van der Waals surface area contributed by atoms with Crippen molar-refractivity contribution in [3.8, 4) is 0 Å². The number of benzene rings is 1. The summed E-state index contributed by atoms with van der Waals surface area (Å²) in [5, 5.41) is 3.50. The Morgan fingerprint density at radius 1 is 1.23 bits per heavy atom. The van der Waals surface area contributed by atoms with Gasteiger partial charge in [-0.1, -0.05) is 32.6 Å². The van der Waals surface area contributed by atoms with Crippen molar-refractivity contribution in [2.45, 2.75) is 63.5 Å². The summed E-state index contributed by atoms with van der Waals surface area (Å²) in [6.45, 7) is 5.34. The molecule has 0 radical (unpaired) electrons. The van der Waals surface area contributed by atoms with Crippen LogP contribution in [-0.4, -0.2) is 43.1 Å². The zero-order valence-corrected chi connectivity index (χ0v) is 15.7. The molecule has 1 unspecified atom stereocenters. The Balaban J connectivity index is 1.53. The number of cyclic esters (lactones) is 1. The fraction of sp³-hybridized carbons (Fsp3) is 0.619. The largest absolute Gasteiger partial charge is 0.405 e. The number of carbonyl (C=O) groups is 1. The molecular formula is C21H29N3O2. The molecule has 5 nitrogen and oxygen atoms in total. The highest BCUT2D eigenvalue weighted by molar-refractivity contribution is 6.08. The molecule has 1 saturated heterocycles. The molecule has 2 heterocycles. The van der Waals surface area contributed by atoms with Gasteiger partial charge in [0, 0.05) is 36.9 Å². The fourth-order valence-corrected chi connectivity index (χ4v) is 4.51. The van der Waals surface area contributed by atoms with E-state index >= 15 is 0 Å². The second-order valence-corrected chi connectivity index (χ2v) is 7.79. The molecule has 0 amide bonds. The van der Waals surface area contributed by atoms with Gasteiger partial charge >= 0.3 is 5.97 Å². The van der Waals surface area contributed by atoms with Gasteiger partial charge in [-0.25, -0.2) is 9.79 Å². The van der Waals surface area contributed by atoms with Crippen LogP contribution in [0.25, 0.3) is 0 Å². The van der Waals surface area contributed by atoms with Gasteiger partial charge in [-0.05, 0) is 43.5 Å². The van der Waals surface area contributed by atoms with Crippen LogP contribution in [0.1, 0.15) is 57.4 Å². The van der Waals surface area contributed by atoms with E-state index in [0.717, 1.165) is 50.9 Å². The lowest BCUT2D eigenvalue weighted by molar-refractivity contribution is -0.140. The smallest absolute Gasteiger partial charge is 0.340 e. The maximum atomic E-state index is 12.4. The SMILES string of the molecule is CCCC1CNCCN1c1ccc(C2=NC3(CCCCC3)C(=O)O2)cc1. The summed E-state index contributed by atoms with van der Waals surface area (Å²) in [6, 6.07) is 8.94. The zero-order valence-electron chi connectivity index (χ0n) is 15.7. The molecule has 0 aromatic heterocycles. The lowest BCUT2D eigenvalue weighted by Gasteiger charge is -2.38. The Kier molecular flexibility index (Phi) is 4.98. The van der Waals surface area contributed by atoms with Crippen LogP contribution >= 0.6 is 0 Å². The van der Waals surface area contributed by atoms with Gasteiger partial charge in [-0.15, -0.1) is 0 Å². The van der Waals surface area contributed by atoms with Crippen molar-refractivity contribution in [3.05, 3.63) is 29.8 Å². The fourth-order valence-electron chi connectivity index (χ4n) is 4.51. The van der Waals surface area contributed by atoms with Crippen LogP contribution < -0.4 is 10.2 Å². The van der Waals surface area contributed by atoms with E-state index in [-0.39, 0.29) is 5.97 Å². The van der Waals surface area contributed by atoms with Crippen molar-refractivity contribution in [1.29, 1.82) is 0 Å². The van der Waals surface area contributed by atoms with Crippen LogP contribution in [0.15, 0.2) is 29.3 Å². The molecule has 2 fully saturated rings. The van der Waals surface area contributed by atoms with Gasteiger partial charge in [-0.3, -0.25) is 0 Å². The number of rotatable bonds is 4. The first-order valence-electron chi connectivity index (χ1n) is 10.1. The monoisotopic (exact) mass is 355 g/mol. The zero-order chi connectivity index (χ0) is 18.0. The third-order valence-electron chi connectivity index (χ3n) is 5.98. The normalized spacial score (nSPS) is 25.3. The number of piperazine rings is 1. The number of nitrogens with zero attached hydrogens (tertiary/aromatic N) is 2. The second kappa shape index (κ2) is 7.39. The highest BCUT2D eigenvalue weighted by atomic mass is 16.6. The molecule has 1 N–H and O–H groups in total. The molecule has 4 rings (SSSR count). The van der Waals surface area contributed by atoms with E-state index in [1.54, 1.807) is 0 Å². The predicted octanol–water partition coefficient (Wildman–Crippen LogP) is 3.27. The van der Waals surface area contributed by atoms with Crippen molar-refractivity contribution in [2.24, 2.45) is 4.99 Å². The third-order valence-corrected chi connectivity index (χ3v) is 5.98. The summed E-state index contributed by atoms with van der Waals surface area (Å²) in [6.07, 6.45) is 7.36. The molecule has 1 aliphatic carbocycles. The van der Waals surface area contributed by atoms with Gasteiger partial charge in [0.25, 0.3) is 0 Å². The van der Waals surface area contributed by atoms with Crippen LogP contribution in [0.2, 0.25) is 0 Å². The number of ether oxygens (including phenoxy) is 1.